The molecule has 1 rings (SSSR count). The Morgan fingerprint density at radius 2 is 1.35 bits per heavy atom. The van der Waals surface area contributed by atoms with E-state index in [1.54, 1.807) is 0 Å². The van der Waals surface area contributed by atoms with E-state index >= 15 is 0 Å². The Labute approximate surface area is 104 Å². The van der Waals surface area contributed by atoms with Crippen LogP contribution < -0.4 is 0 Å². The van der Waals surface area contributed by atoms with Crippen molar-refractivity contribution in [2.75, 3.05) is 13.2 Å². The number of rotatable bonds is 4. The van der Waals surface area contributed by atoms with Crippen LogP contribution in [0.4, 0.5) is 0 Å². The van der Waals surface area contributed by atoms with Gasteiger partial charge in [-0.05, 0) is 61.9 Å². The second kappa shape index (κ2) is 5.19. The van der Waals surface area contributed by atoms with Crippen molar-refractivity contribution < 1.29 is 10.2 Å². The summed E-state index contributed by atoms with van der Waals surface area (Å²) in [5, 5.41) is 18.8. The van der Waals surface area contributed by atoms with Gasteiger partial charge in [0.25, 0.3) is 0 Å². The lowest BCUT2D eigenvalue weighted by Gasteiger charge is -2.27. The summed E-state index contributed by atoms with van der Waals surface area (Å²) in [7, 11) is 0. The highest BCUT2D eigenvalue weighted by molar-refractivity contribution is 5.44. The van der Waals surface area contributed by atoms with Crippen LogP contribution in [0.25, 0.3) is 0 Å². The van der Waals surface area contributed by atoms with Gasteiger partial charge in [-0.1, -0.05) is 13.0 Å². The predicted octanol–water partition coefficient (Wildman–Crippen LogP) is 2.45. The van der Waals surface area contributed by atoms with E-state index < -0.39 is 5.41 Å². The molecule has 0 unspecified atom stereocenters. The quantitative estimate of drug-likeness (QED) is 0.843. The molecular formula is C15H24O2. The van der Waals surface area contributed by atoms with Gasteiger partial charge in [0.05, 0.1) is 13.2 Å². The van der Waals surface area contributed by atoms with E-state index in [1.165, 1.54) is 27.8 Å². The first-order valence-corrected chi connectivity index (χ1v) is 6.12. The van der Waals surface area contributed by atoms with Crippen molar-refractivity contribution in [1.29, 1.82) is 0 Å². The summed E-state index contributed by atoms with van der Waals surface area (Å²) in [4.78, 5) is 0. The number of benzene rings is 1. The van der Waals surface area contributed by atoms with Crippen molar-refractivity contribution in [3.8, 4) is 0 Å². The molecule has 17 heavy (non-hydrogen) atoms. The molecule has 0 saturated heterocycles. The van der Waals surface area contributed by atoms with E-state index in [-0.39, 0.29) is 13.2 Å². The van der Waals surface area contributed by atoms with Gasteiger partial charge >= 0.3 is 0 Å². The molecule has 0 aliphatic rings. The van der Waals surface area contributed by atoms with Crippen LogP contribution >= 0.6 is 0 Å². The normalized spacial score (nSPS) is 11.9. The molecule has 0 fully saturated rings. The zero-order valence-electron chi connectivity index (χ0n) is 11.6. The van der Waals surface area contributed by atoms with E-state index in [0.29, 0.717) is 0 Å². The lowest BCUT2D eigenvalue weighted by molar-refractivity contribution is 0.0701. The molecule has 1 aromatic carbocycles. The number of hydrogen-bond donors (Lipinski definition) is 2. The summed E-state index contributed by atoms with van der Waals surface area (Å²) in [6.07, 6.45) is 0.722. The minimum absolute atomic E-state index is 0.00930. The molecule has 0 radical (unpaired) electrons. The third kappa shape index (κ3) is 2.88. The van der Waals surface area contributed by atoms with Crippen molar-refractivity contribution >= 4 is 0 Å². The van der Waals surface area contributed by atoms with Gasteiger partial charge in [-0.25, -0.2) is 0 Å². The highest BCUT2D eigenvalue weighted by atomic mass is 16.3. The molecular weight excluding hydrogens is 212 g/mol. The first-order chi connectivity index (χ1) is 7.84. The van der Waals surface area contributed by atoms with Crippen molar-refractivity contribution in [2.45, 2.75) is 41.0 Å². The number of aliphatic hydroxyl groups is 2. The largest absolute Gasteiger partial charge is 0.396 e. The van der Waals surface area contributed by atoms with Gasteiger partial charge in [-0.15, -0.1) is 0 Å². The Hall–Kier alpha value is -0.860. The zero-order chi connectivity index (χ0) is 13.2. The Kier molecular flexibility index (Phi) is 4.34. The SMILES string of the molecule is Cc1cc(C)c(C)c(CC(C)(CO)CO)c1C. The third-order valence-electron chi connectivity index (χ3n) is 3.89. The lowest BCUT2D eigenvalue weighted by atomic mass is 9.80. The van der Waals surface area contributed by atoms with E-state index in [1.807, 2.05) is 6.92 Å². The molecule has 0 aromatic heterocycles. The number of aryl methyl sites for hydroxylation is 2. The maximum Gasteiger partial charge on any atom is 0.0509 e. The van der Waals surface area contributed by atoms with E-state index in [2.05, 4.69) is 33.8 Å². The van der Waals surface area contributed by atoms with Gasteiger partial charge in [0.15, 0.2) is 0 Å². The van der Waals surface area contributed by atoms with Crippen molar-refractivity contribution in [3.05, 3.63) is 33.9 Å². The molecule has 2 N–H and O–H groups in total. The van der Waals surface area contributed by atoms with Crippen molar-refractivity contribution in [2.24, 2.45) is 5.41 Å². The topological polar surface area (TPSA) is 40.5 Å². The van der Waals surface area contributed by atoms with Crippen LogP contribution in [-0.4, -0.2) is 23.4 Å². The van der Waals surface area contributed by atoms with Crippen LogP contribution in [0.5, 0.6) is 0 Å². The monoisotopic (exact) mass is 236 g/mol. The molecule has 0 atom stereocenters. The molecule has 2 heteroatoms. The van der Waals surface area contributed by atoms with Gasteiger partial charge in [0.1, 0.15) is 0 Å². The molecule has 0 amide bonds. The summed E-state index contributed by atoms with van der Waals surface area (Å²) < 4.78 is 0. The third-order valence-corrected chi connectivity index (χ3v) is 3.89. The Morgan fingerprint density at radius 1 is 0.941 bits per heavy atom. The molecule has 0 heterocycles. The predicted molar refractivity (Wildman–Crippen MR) is 71.4 cm³/mol. The zero-order valence-corrected chi connectivity index (χ0v) is 11.6. The molecule has 1 aromatic rings. The first kappa shape index (κ1) is 14.2. The van der Waals surface area contributed by atoms with Gasteiger partial charge in [-0.2, -0.15) is 0 Å². The van der Waals surface area contributed by atoms with Crippen LogP contribution in [0, 0.1) is 33.1 Å². The van der Waals surface area contributed by atoms with Crippen molar-refractivity contribution in [3.63, 3.8) is 0 Å². The first-order valence-electron chi connectivity index (χ1n) is 6.12. The van der Waals surface area contributed by atoms with Crippen LogP contribution in [0.1, 0.15) is 34.7 Å². The molecule has 96 valence electrons. The average molecular weight is 236 g/mol. The number of aliphatic hydroxyl groups excluding tert-OH is 2. The molecule has 0 aliphatic carbocycles. The lowest BCUT2D eigenvalue weighted by Crippen LogP contribution is -2.29. The van der Waals surface area contributed by atoms with Crippen molar-refractivity contribution in [1.82, 2.24) is 0 Å². The second-order valence-electron chi connectivity index (χ2n) is 5.54. The Bertz CT molecular complexity index is 378. The van der Waals surface area contributed by atoms with Gasteiger partial charge < -0.3 is 10.2 Å². The Balaban J connectivity index is 3.22. The van der Waals surface area contributed by atoms with Gasteiger partial charge in [0, 0.05) is 5.41 Å². The highest BCUT2D eigenvalue weighted by Gasteiger charge is 2.25. The maximum absolute atomic E-state index is 9.41. The summed E-state index contributed by atoms with van der Waals surface area (Å²) >= 11 is 0. The van der Waals surface area contributed by atoms with Crippen LogP contribution in [-0.2, 0) is 6.42 Å². The van der Waals surface area contributed by atoms with Crippen LogP contribution in [0.3, 0.4) is 0 Å². The average Bonchev–Trinajstić information content (AvgIpc) is 2.32. The molecule has 0 saturated carbocycles. The van der Waals surface area contributed by atoms with E-state index in [0.717, 1.165) is 6.42 Å². The second-order valence-corrected chi connectivity index (χ2v) is 5.54. The fourth-order valence-electron chi connectivity index (χ4n) is 2.15. The Morgan fingerprint density at radius 3 is 1.71 bits per heavy atom. The summed E-state index contributed by atoms with van der Waals surface area (Å²) in [6, 6.07) is 2.20. The van der Waals surface area contributed by atoms with E-state index in [4.69, 9.17) is 0 Å². The molecule has 0 aliphatic heterocycles. The van der Waals surface area contributed by atoms with Gasteiger partial charge in [-0.3, -0.25) is 0 Å². The molecule has 2 nitrogen and oxygen atoms in total. The molecule has 0 bridgehead atoms. The van der Waals surface area contributed by atoms with E-state index in [9.17, 15) is 10.2 Å². The van der Waals surface area contributed by atoms with Crippen LogP contribution in [0.2, 0.25) is 0 Å². The highest BCUT2D eigenvalue weighted by Crippen LogP contribution is 2.29. The fraction of sp³-hybridized carbons (Fsp3) is 0.600. The standard InChI is InChI=1S/C15H24O2/c1-10-6-11(2)13(4)14(12(10)3)7-15(5,8-16)9-17/h6,16-17H,7-9H2,1-5H3. The van der Waals surface area contributed by atoms with Gasteiger partial charge in [0.2, 0.25) is 0 Å². The summed E-state index contributed by atoms with van der Waals surface area (Å²) in [5.74, 6) is 0. The van der Waals surface area contributed by atoms with Crippen LogP contribution in [0.15, 0.2) is 6.07 Å². The number of hydrogen-bond acceptors (Lipinski definition) is 2. The fourth-order valence-corrected chi connectivity index (χ4v) is 2.15. The minimum Gasteiger partial charge on any atom is -0.396 e. The summed E-state index contributed by atoms with van der Waals surface area (Å²) in [5.41, 5.74) is 5.95. The summed E-state index contributed by atoms with van der Waals surface area (Å²) in [6.45, 7) is 10.4. The minimum atomic E-state index is -0.435. The molecule has 0 spiro atoms. The smallest absolute Gasteiger partial charge is 0.0509 e. The maximum atomic E-state index is 9.41.